The molecule has 11 rings (SSSR count). The maximum absolute atomic E-state index is 10.0. The Hall–Kier alpha value is -7.63. The van der Waals surface area contributed by atoms with Gasteiger partial charge in [-0.3, -0.25) is 0 Å². The van der Waals surface area contributed by atoms with E-state index < -0.39 is 119 Å². The Bertz CT molecular complexity index is 4140. The highest BCUT2D eigenvalue weighted by Crippen LogP contribution is 2.39. The Balaban J connectivity index is 1.21. The molecular formula is C51H32N4O. The fourth-order valence-electron chi connectivity index (χ4n) is 6.89. The number of nitrogens with zero attached hydrogens (tertiary/aromatic N) is 4. The monoisotopic (exact) mass is 732 g/mol. The van der Waals surface area contributed by atoms with E-state index in [1.807, 2.05) is 72.8 Å². The van der Waals surface area contributed by atoms with Crippen LogP contribution in [0.5, 0.6) is 0 Å². The maximum atomic E-state index is 10.0. The molecule has 0 radical (unpaired) electrons. The topological polar surface area (TPSA) is 56.7 Å². The van der Waals surface area contributed by atoms with Crippen LogP contribution in [0.25, 0.3) is 106 Å². The van der Waals surface area contributed by atoms with Gasteiger partial charge in [0, 0.05) is 43.9 Å². The zero-order valence-corrected chi connectivity index (χ0v) is 28.9. The smallest absolute Gasteiger partial charge is 0.164 e. The number of hydrogen-bond donors (Lipinski definition) is 0. The number of furan rings is 1. The number of benzene rings is 8. The summed E-state index contributed by atoms with van der Waals surface area (Å²) >= 11 is 0. The molecule has 3 aromatic heterocycles. The minimum atomic E-state index is -0.862. The molecule has 0 amide bonds. The van der Waals surface area contributed by atoms with Gasteiger partial charge in [0.15, 0.2) is 17.5 Å². The fourth-order valence-corrected chi connectivity index (χ4v) is 6.89. The molecule has 0 bridgehead atoms. The number of rotatable bonds is 6. The molecule has 3 heterocycles. The minimum Gasteiger partial charge on any atom is -0.456 e. The van der Waals surface area contributed by atoms with E-state index in [4.69, 9.17) is 30.3 Å². The van der Waals surface area contributed by atoms with Crippen molar-refractivity contribution in [2.24, 2.45) is 0 Å². The lowest BCUT2D eigenvalue weighted by Gasteiger charge is -2.13. The number of aromatic nitrogens is 4. The third-order valence-electron chi connectivity index (χ3n) is 9.48. The molecule has 8 aromatic carbocycles. The zero-order valence-electron chi connectivity index (χ0n) is 44.9. The van der Waals surface area contributed by atoms with Crippen LogP contribution in [-0.4, -0.2) is 19.5 Å². The zero-order chi connectivity index (χ0) is 50.9. The third-order valence-corrected chi connectivity index (χ3v) is 9.48. The Morgan fingerprint density at radius 1 is 0.411 bits per heavy atom. The van der Waals surface area contributed by atoms with E-state index >= 15 is 0 Å². The first-order chi connectivity index (χ1) is 34.4. The average Bonchev–Trinajstić information content (AvgIpc) is 3.95. The van der Waals surface area contributed by atoms with Gasteiger partial charge in [-0.2, -0.15) is 0 Å². The molecule has 0 aliphatic rings. The molecule has 0 fully saturated rings. The number of fused-ring (bicyclic) bond motifs is 6. The van der Waals surface area contributed by atoms with Gasteiger partial charge in [-0.25, -0.2) is 15.0 Å². The van der Waals surface area contributed by atoms with Crippen LogP contribution in [0, 0.1) is 0 Å². The summed E-state index contributed by atoms with van der Waals surface area (Å²) < 4.78 is 151. The van der Waals surface area contributed by atoms with Gasteiger partial charge < -0.3 is 8.98 Å². The molecule has 0 spiro atoms. The summed E-state index contributed by atoms with van der Waals surface area (Å²) in [4.78, 5) is 14.7. The lowest BCUT2D eigenvalue weighted by atomic mass is 9.97. The van der Waals surface area contributed by atoms with Crippen LogP contribution < -0.4 is 0 Å². The highest BCUT2D eigenvalue weighted by molar-refractivity contribution is 6.10. The standard InChI is InChI=1S/C51H32N4O/c1-3-13-33(14-4-1)34-23-27-38(28-24-34)55-45-21-11-9-18-40(45)41-29-25-36(31-46(41)55)39-17-7-8-20-44(39)51-53-49(35-15-5-2-6-16-35)52-50(54-51)37-26-30-43-42-19-10-12-22-47(42)56-48(43)32-37/h1-32H/i1D,3D,4D,9D,11D,13D,14D,18D,21D,23D,24D,25D,27D,28D,29D,31D. The van der Waals surface area contributed by atoms with Gasteiger partial charge in [-0.1, -0.05) is 151 Å². The lowest BCUT2D eigenvalue weighted by molar-refractivity contribution is 0.669. The Labute approximate surface area is 345 Å². The predicted octanol–water partition coefficient (Wildman–Crippen LogP) is 13.2. The Morgan fingerprint density at radius 2 is 1.05 bits per heavy atom. The summed E-state index contributed by atoms with van der Waals surface area (Å²) in [6, 6.07) is 17.2. The molecule has 5 nitrogen and oxygen atoms in total. The molecule has 0 saturated heterocycles. The normalized spacial score (nSPS) is 15.6. The molecule has 0 aliphatic heterocycles. The largest absolute Gasteiger partial charge is 0.456 e. The van der Waals surface area contributed by atoms with E-state index in [0.717, 1.165) is 15.3 Å². The molecule has 56 heavy (non-hydrogen) atoms. The molecule has 0 unspecified atom stereocenters. The van der Waals surface area contributed by atoms with E-state index in [0.29, 0.717) is 22.3 Å². The fraction of sp³-hybridized carbons (Fsp3) is 0. The molecule has 0 N–H and O–H groups in total. The summed E-state index contributed by atoms with van der Waals surface area (Å²) in [6.45, 7) is 0. The first-order valence-electron chi connectivity index (χ1n) is 25.5. The third kappa shape index (κ3) is 5.37. The van der Waals surface area contributed by atoms with Crippen molar-refractivity contribution < 1.29 is 26.3 Å². The van der Waals surface area contributed by atoms with Crippen LogP contribution in [-0.2, 0) is 0 Å². The van der Waals surface area contributed by atoms with Crippen molar-refractivity contribution in [2.75, 3.05) is 0 Å². The molecule has 11 aromatic rings. The van der Waals surface area contributed by atoms with E-state index in [1.54, 1.807) is 24.3 Å². The highest BCUT2D eigenvalue weighted by atomic mass is 16.3. The summed E-state index contributed by atoms with van der Waals surface area (Å²) in [5.41, 5.74) is 0.117. The van der Waals surface area contributed by atoms with Crippen LogP contribution in [0.3, 0.4) is 0 Å². The van der Waals surface area contributed by atoms with Crippen LogP contribution in [0.15, 0.2) is 198 Å². The maximum Gasteiger partial charge on any atom is 0.164 e. The van der Waals surface area contributed by atoms with Crippen LogP contribution in [0.4, 0.5) is 0 Å². The van der Waals surface area contributed by atoms with Crippen LogP contribution in [0.2, 0.25) is 0 Å². The molecule has 0 atom stereocenters. The van der Waals surface area contributed by atoms with E-state index in [2.05, 4.69) is 0 Å². The van der Waals surface area contributed by atoms with Crippen molar-refractivity contribution in [3.05, 3.63) is 194 Å². The number of hydrogen-bond acceptors (Lipinski definition) is 4. The molecule has 0 saturated carbocycles. The van der Waals surface area contributed by atoms with Crippen LogP contribution >= 0.6 is 0 Å². The molecular weight excluding hydrogens is 685 g/mol. The van der Waals surface area contributed by atoms with Gasteiger partial charge in [0.05, 0.1) is 33.0 Å². The van der Waals surface area contributed by atoms with E-state index in [1.165, 1.54) is 0 Å². The first kappa shape index (κ1) is 19.6. The second-order valence-electron chi connectivity index (χ2n) is 12.8. The summed E-state index contributed by atoms with van der Waals surface area (Å²) in [5.74, 6) is 0.638. The quantitative estimate of drug-likeness (QED) is 0.171. The van der Waals surface area contributed by atoms with Crippen molar-refractivity contribution in [3.8, 4) is 62.1 Å². The second-order valence-corrected chi connectivity index (χ2v) is 12.8. The molecule has 5 heteroatoms. The van der Waals surface area contributed by atoms with Crippen LogP contribution in [0.1, 0.15) is 21.9 Å². The molecule has 262 valence electrons. The van der Waals surface area contributed by atoms with Gasteiger partial charge in [0.25, 0.3) is 0 Å². The van der Waals surface area contributed by atoms with Crippen molar-refractivity contribution in [3.63, 3.8) is 0 Å². The van der Waals surface area contributed by atoms with Crippen molar-refractivity contribution in [2.45, 2.75) is 0 Å². The van der Waals surface area contributed by atoms with Gasteiger partial charge in [-0.15, -0.1) is 0 Å². The van der Waals surface area contributed by atoms with Crippen molar-refractivity contribution in [1.82, 2.24) is 19.5 Å². The van der Waals surface area contributed by atoms with Gasteiger partial charge in [-0.05, 0) is 64.6 Å². The number of para-hydroxylation sites is 2. The van der Waals surface area contributed by atoms with Crippen molar-refractivity contribution in [1.29, 1.82) is 0 Å². The van der Waals surface area contributed by atoms with Gasteiger partial charge in [0.1, 0.15) is 11.2 Å². The van der Waals surface area contributed by atoms with E-state index in [-0.39, 0.29) is 50.5 Å². The first-order valence-corrected chi connectivity index (χ1v) is 17.5. The Kier molecular flexibility index (Phi) is 4.57. The molecule has 0 aliphatic carbocycles. The minimum absolute atomic E-state index is 0.104. The Morgan fingerprint density at radius 3 is 1.91 bits per heavy atom. The SMILES string of the molecule is [2H]c1c([2H])c([2H])c(-c2c([2H])c([2H])c(-n3c4c([2H])c([2H])c([2H])c([2H])c4c4c([2H])c([2H])c(-c5ccccc5-c5nc(-c6ccccc6)nc(-c6ccc7c(c6)oc6ccccc67)n5)c([2H])c43)c([2H])c2[2H])c([2H])c1[2H]. The second kappa shape index (κ2) is 13.0. The highest BCUT2D eigenvalue weighted by Gasteiger charge is 2.19. The van der Waals surface area contributed by atoms with Crippen molar-refractivity contribution >= 4 is 43.7 Å². The lowest BCUT2D eigenvalue weighted by Crippen LogP contribution is -2.01. The summed E-state index contributed by atoms with van der Waals surface area (Å²) in [6.07, 6.45) is 0. The van der Waals surface area contributed by atoms with Gasteiger partial charge in [0.2, 0.25) is 0 Å². The average molecular weight is 733 g/mol. The predicted molar refractivity (Wildman–Crippen MR) is 229 cm³/mol. The summed E-state index contributed by atoms with van der Waals surface area (Å²) in [7, 11) is 0. The van der Waals surface area contributed by atoms with E-state index in [9.17, 15) is 11.0 Å². The van der Waals surface area contributed by atoms with Gasteiger partial charge >= 0.3 is 0 Å². The summed E-state index contributed by atoms with van der Waals surface area (Å²) in [5, 5.41) is 1.17.